The number of nitrogens with one attached hydrogen (secondary N) is 2. The average molecular weight is 381 g/mol. The number of benzene rings is 2. The Labute approximate surface area is 160 Å². The monoisotopic (exact) mass is 381 g/mol. The maximum absolute atomic E-state index is 12.1. The van der Waals surface area contributed by atoms with E-state index in [0.29, 0.717) is 28.8 Å². The molecule has 2 aromatic carbocycles. The molecular weight excluding hydrogens is 362 g/mol. The minimum absolute atomic E-state index is 0.123. The SMILES string of the molecule is CCCOC(=O)c1ccc(NC(=O)COC(=O)c2n[nH]c3ccccc23)cc1. The quantitative estimate of drug-likeness (QED) is 0.609. The molecule has 0 radical (unpaired) electrons. The van der Waals surface area contributed by atoms with Gasteiger partial charge in [-0.05, 0) is 36.8 Å². The lowest BCUT2D eigenvalue weighted by atomic mass is 10.2. The number of rotatable bonds is 7. The highest BCUT2D eigenvalue weighted by Gasteiger charge is 2.17. The highest BCUT2D eigenvalue weighted by atomic mass is 16.5. The van der Waals surface area contributed by atoms with E-state index in [-0.39, 0.29) is 5.69 Å². The zero-order valence-electron chi connectivity index (χ0n) is 15.2. The number of carbonyl (C=O) groups excluding carboxylic acids is 3. The van der Waals surface area contributed by atoms with Gasteiger partial charge in [-0.15, -0.1) is 0 Å². The minimum Gasteiger partial charge on any atom is -0.462 e. The highest BCUT2D eigenvalue weighted by Crippen LogP contribution is 2.16. The Hall–Kier alpha value is -3.68. The number of ether oxygens (including phenoxy) is 2. The van der Waals surface area contributed by atoms with Crippen LogP contribution >= 0.6 is 0 Å². The van der Waals surface area contributed by atoms with Crippen LogP contribution in [0.5, 0.6) is 0 Å². The number of H-pyrrole nitrogens is 1. The van der Waals surface area contributed by atoms with Crippen LogP contribution in [0, 0.1) is 0 Å². The molecule has 0 saturated heterocycles. The summed E-state index contributed by atoms with van der Waals surface area (Å²) in [6, 6.07) is 13.4. The first-order chi connectivity index (χ1) is 13.6. The number of fused-ring (bicyclic) bond motifs is 1. The molecule has 144 valence electrons. The van der Waals surface area contributed by atoms with Gasteiger partial charge in [0.05, 0.1) is 17.7 Å². The number of anilines is 1. The minimum atomic E-state index is -0.693. The van der Waals surface area contributed by atoms with E-state index in [2.05, 4.69) is 15.5 Å². The van der Waals surface area contributed by atoms with Crippen LogP contribution in [0.4, 0.5) is 5.69 Å². The summed E-state index contributed by atoms with van der Waals surface area (Å²) in [7, 11) is 0. The zero-order valence-corrected chi connectivity index (χ0v) is 15.2. The Kier molecular flexibility index (Phi) is 6.01. The summed E-state index contributed by atoms with van der Waals surface area (Å²) in [5.74, 6) is -1.61. The largest absolute Gasteiger partial charge is 0.462 e. The number of hydrogen-bond donors (Lipinski definition) is 2. The Morgan fingerprint density at radius 1 is 1.00 bits per heavy atom. The van der Waals surface area contributed by atoms with Gasteiger partial charge in [-0.2, -0.15) is 5.10 Å². The van der Waals surface area contributed by atoms with Gasteiger partial charge in [0, 0.05) is 11.1 Å². The molecule has 0 saturated carbocycles. The number of amides is 1. The van der Waals surface area contributed by atoms with E-state index in [0.717, 1.165) is 6.42 Å². The molecule has 1 aromatic heterocycles. The van der Waals surface area contributed by atoms with Crippen molar-refractivity contribution < 1.29 is 23.9 Å². The van der Waals surface area contributed by atoms with Gasteiger partial charge in [-0.3, -0.25) is 9.89 Å². The van der Waals surface area contributed by atoms with Gasteiger partial charge < -0.3 is 14.8 Å². The number of aromatic amines is 1. The average Bonchev–Trinajstić information content (AvgIpc) is 3.15. The van der Waals surface area contributed by atoms with Crippen molar-refractivity contribution in [1.82, 2.24) is 10.2 Å². The molecule has 3 rings (SSSR count). The van der Waals surface area contributed by atoms with E-state index in [1.165, 1.54) is 0 Å². The fourth-order valence-corrected chi connectivity index (χ4v) is 2.48. The van der Waals surface area contributed by atoms with E-state index in [1.54, 1.807) is 42.5 Å². The van der Waals surface area contributed by atoms with E-state index in [1.807, 2.05) is 13.0 Å². The summed E-state index contributed by atoms with van der Waals surface area (Å²) >= 11 is 0. The van der Waals surface area contributed by atoms with Crippen LogP contribution in [0.25, 0.3) is 10.9 Å². The normalized spacial score (nSPS) is 10.5. The second kappa shape index (κ2) is 8.81. The molecule has 0 spiro atoms. The molecule has 3 aromatic rings. The highest BCUT2D eigenvalue weighted by molar-refractivity contribution is 6.03. The molecule has 8 nitrogen and oxygen atoms in total. The first-order valence-corrected chi connectivity index (χ1v) is 8.75. The lowest BCUT2D eigenvalue weighted by molar-refractivity contribution is -0.119. The maximum atomic E-state index is 12.1. The molecule has 0 aliphatic rings. The molecule has 0 aliphatic heterocycles. The summed E-state index contributed by atoms with van der Waals surface area (Å²) in [6.45, 7) is 1.81. The van der Waals surface area contributed by atoms with E-state index in [4.69, 9.17) is 9.47 Å². The van der Waals surface area contributed by atoms with Crippen LogP contribution in [-0.4, -0.2) is 41.3 Å². The van der Waals surface area contributed by atoms with Crippen LogP contribution < -0.4 is 5.32 Å². The molecule has 0 aliphatic carbocycles. The number of nitrogens with zero attached hydrogens (tertiary/aromatic N) is 1. The predicted octanol–water partition coefficient (Wildman–Crippen LogP) is 2.93. The summed E-state index contributed by atoms with van der Waals surface area (Å²) < 4.78 is 10.1. The molecule has 8 heteroatoms. The van der Waals surface area contributed by atoms with Crippen LogP contribution in [-0.2, 0) is 14.3 Å². The number of hydrogen-bond acceptors (Lipinski definition) is 6. The lowest BCUT2D eigenvalue weighted by Crippen LogP contribution is -2.21. The smallest absolute Gasteiger partial charge is 0.359 e. The van der Waals surface area contributed by atoms with E-state index >= 15 is 0 Å². The van der Waals surface area contributed by atoms with Crippen molar-refractivity contribution in [1.29, 1.82) is 0 Å². The molecule has 28 heavy (non-hydrogen) atoms. The fraction of sp³-hybridized carbons (Fsp3) is 0.200. The van der Waals surface area contributed by atoms with Crippen LogP contribution in [0.3, 0.4) is 0 Å². The third-order valence-electron chi connectivity index (χ3n) is 3.84. The molecule has 0 unspecified atom stereocenters. The van der Waals surface area contributed by atoms with Crippen LogP contribution in [0.2, 0.25) is 0 Å². The Morgan fingerprint density at radius 2 is 1.75 bits per heavy atom. The molecule has 1 heterocycles. The first kappa shape index (κ1) is 19.1. The number of aromatic nitrogens is 2. The summed E-state index contributed by atoms with van der Waals surface area (Å²) in [4.78, 5) is 35.9. The molecular formula is C20H19N3O5. The van der Waals surface area contributed by atoms with Crippen molar-refractivity contribution in [3.63, 3.8) is 0 Å². The van der Waals surface area contributed by atoms with Crippen LogP contribution in [0.1, 0.15) is 34.2 Å². The zero-order chi connectivity index (χ0) is 19.9. The number of esters is 2. The Morgan fingerprint density at radius 3 is 2.50 bits per heavy atom. The molecule has 0 atom stereocenters. The predicted molar refractivity (Wildman–Crippen MR) is 102 cm³/mol. The van der Waals surface area contributed by atoms with Gasteiger partial charge in [-0.1, -0.05) is 25.1 Å². The van der Waals surface area contributed by atoms with Gasteiger partial charge >= 0.3 is 11.9 Å². The third-order valence-corrected chi connectivity index (χ3v) is 3.84. The van der Waals surface area contributed by atoms with Crippen molar-refractivity contribution in [2.45, 2.75) is 13.3 Å². The first-order valence-electron chi connectivity index (χ1n) is 8.75. The lowest BCUT2D eigenvalue weighted by Gasteiger charge is -2.07. The van der Waals surface area contributed by atoms with Crippen molar-refractivity contribution in [3.8, 4) is 0 Å². The van der Waals surface area contributed by atoms with Crippen LogP contribution in [0.15, 0.2) is 48.5 Å². The second-order valence-electron chi connectivity index (χ2n) is 5.96. The van der Waals surface area contributed by atoms with Crippen molar-refractivity contribution in [3.05, 3.63) is 59.8 Å². The van der Waals surface area contributed by atoms with E-state index in [9.17, 15) is 14.4 Å². The van der Waals surface area contributed by atoms with Gasteiger partial charge in [0.25, 0.3) is 5.91 Å². The van der Waals surface area contributed by atoms with E-state index < -0.39 is 24.5 Å². The number of para-hydroxylation sites is 1. The third kappa shape index (κ3) is 4.53. The molecule has 0 fully saturated rings. The fourth-order valence-electron chi connectivity index (χ4n) is 2.48. The van der Waals surface area contributed by atoms with Crippen molar-refractivity contribution in [2.24, 2.45) is 0 Å². The summed E-state index contributed by atoms with van der Waals surface area (Å²) in [5.41, 5.74) is 1.69. The van der Waals surface area contributed by atoms with Crippen molar-refractivity contribution in [2.75, 3.05) is 18.5 Å². The Bertz CT molecular complexity index is 995. The van der Waals surface area contributed by atoms with Gasteiger partial charge in [0.15, 0.2) is 12.3 Å². The Balaban J connectivity index is 1.53. The van der Waals surface area contributed by atoms with Gasteiger partial charge in [0.1, 0.15) is 0 Å². The second-order valence-corrected chi connectivity index (χ2v) is 5.96. The molecule has 0 bridgehead atoms. The van der Waals surface area contributed by atoms with Gasteiger partial charge in [0.2, 0.25) is 0 Å². The standard InChI is InChI=1S/C20H19N3O5/c1-2-11-27-19(25)13-7-9-14(10-8-13)21-17(24)12-28-20(26)18-15-5-3-4-6-16(15)22-23-18/h3-10H,2,11-12H2,1H3,(H,21,24)(H,22,23). The topological polar surface area (TPSA) is 110 Å². The maximum Gasteiger partial charge on any atom is 0.359 e. The summed E-state index contributed by atoms with van der Waals surface area (Å²) in [5, 5.41) is 9.88. The molecule has 2 N–H and O–H groups in total. The van der Waals surface area contributed by atoms with Crippen molar-refractivity contribution >= 4 is 34.4 Å². The number of carbonyl (C=O) groups is 3. The molecule has 1 amide bonds. The van der Waals surface area contributed by atoms with Gasteiger partial charge in [-0.25, -0.2) is 9.59 Å². The summed E-state index contributed by atoms with van der Waals surface area (Å²) in [6.07, 6.45) is 0.743.